The van der Waals surface area contributed by atoms with E-state index in [1.807, 2.05) is 32.0 Å². The maximum atomic E-state index is 13.8. The summed E-state index contributed by atoms with van der Waals surface area (Å²) in [6.45, 7) is 3.91. The summed E-state index contributed by atoms with van der Waals surface area (Å²) in [4.78, 5) is 19.9. The van der Waals surface area contributed by atoms with Crippen molar-refractivity contribution in [3.8, 4) is 11.1 Å². The van der Waals surface area contributed by atoms with Crippen molar-refractivity contribution in [3.05, 3.63) is 65.6 Å². The molecule has 2 aliphatic rings. The molecule has 4 aromatic rings. The smallest absolute Gasteiger partial charge is 0.253 e. The zero-order valence-electron chi connectivity index (χ0n) is 24.3. The number of morpholine rings is 1. The van der Waals surface area contributed by atoms with Gasteiger partial charge in [0.15, 0.2) is 0 Å². The highest BCUT2D eigenvalue weighted by Gasteiger charge is 2.37. The molecule has 2 aromatic heterocycles. The Labute approximate surface area is 224 Å². The average Bonchev–Trinajstić information content (AvgIpc) is 3.47. The number of benzene rings is 2. The van der Waals surface area contributed by atoms with Crippen LogP contribution in [0.3, 0.4) is 0 Å². The van der Waals surface area contributed by atoms with E-state index in [0.29, 0.717) is 43.0 Å². The standard InChI is InChI=1S/C29H31FN4O4/c1-17-28(18(2)38-32-17)19-4-13-25-24(14-19)31-29(34(25)22-9-11-23(36-3)12-10-22)26-15-37-16-27(35)33(26)21-7-5-20(30)6-8-21/h4-8,13-14,22-23,26H,9-12,15-16H2,1-3H3/t22?,23?,26-/m0/s1/i3D3. The molecule has 2 aromatic carbocycles. The number of rotatable bonds is 5. The molecule has 38 heavy (non-hydrogen) atoms. The number of aromatic nitrogens is 3. The number of ether oxygens (including phenoxy) is 2. The van der Waals surface area contributed by atoms with Gasteiger partial charge in [0.2, 0.25) is 0 Å². The number of hydrogen-bond acceptors (Lipinski definition) is 6. The molecule has 2 fully saturated rings. The molecule has 0 bridgehead atoms. The van der Waals surface area contributed by atoms with Gasteiger partial charge in [0.05, 0.1) is 33.6 Å². The van der Waals surface area contributed by atoms with Crippen LogP contribution in [0.1, 0.15) is 59.2 Å². The van der Waals surface area contributed by atoms with Gasteiger partial charge in [-0.05, 0) is 81.5 Å². The largest absolute Gasteiger partial charge is 0.381 e. The van der Waals surface area contributed by atoms with Gasteiger partial charge in [0, 0.05) is 24.3 Å². The number of hydrogen-bond donors (Lipinski definition) is 0. The van der Waals surface area contributed by atoms with E-state index in [0.717, 1.165) is 27.9 Å². The van der Waals surface area contributed by atoms with Crippen molar-refractivity contribution in [2.45, 2.75) is 57.7 Å². The second kappa shape index (κ2) is 9.96. The van der Waals surface area contributed by atoms with Gasteiger partial charge in [-0.15, -0.1) is 0 Å². The monoisotopic (exact) mass is 521 g/mol. The molecule has 1 saturated heterocycles. The Bertz CT molecular complexity index is 1560. The van der Waals surface area contributed by atoms with E-state index in [4.69, 9.17) is 23.1 Å². The fourth-order valence-electron chi connectivity index (χ4n) is 5.90. The van der Waals surface area contributed by atoms with E-state index < -0.39 is 13.1 Å². The highest BCUT2D eigenvalue weighted by molar-refractivity contribution is 5.96. The van der Waals surface area contributed by atoms with E-state index in [2.05, 4.69) is 9.72 Å². The minimum absolute atomic E-state index is 0.00321. The summed E-state index contributed by atoms with van der Waals surface area (Å²) in [6, 6.07) is 11.3. The molecule has 0 spiro atoms. The van der Waals surface area contributed by atoms with Crippen molar-refractivity contribution in [1.82, 2.24) is 14.7 Å². The molecule has 1 saturated carbocycles. The average molecular weight is 522 g/mol. The number of nitrogens with zero attached hydrogens (tertiary/aromatic N) is 4. The van der Waals surface area contributed by atoms with Gasteiger partial charge < -0.3 is 18.6 Å². The van der Waals surface area contributed by atoms with Crippen LogP contribution in [0, 0.1) is 19.7 Å². The second-order valence-corrected chi connectivity index (χ2v) is 10.1. The normalized spacial score (nSPS) is 23.9. The summed E-state index contributed by atoms with van der Waals surface area (Å²) >= 11 is 0. The quantitative estimate of drug-likeness (QED) is 0.336. The number of amides is 1. The number of aryl methyl sites for hydroxylation is 2. The first-order chi connectivity index (χ1) is 19.6. The molecule has 0 unspecified atom stereocenters. The molecule has 6 rings (SSSR count). The third-order valence-electron chi connectivity index (χ3n) is 7.70. The fraction of sp³-hybridized carbons (Fsp3) is 0.414. The Balaban J connectivity index is 1.45. The third-order valence-corrected chi connectivity index (χ3v) is 7.70. The van der Waals surface area contributed by atoms with Gasteiger partial charge in [0.25, 0.3) is 5.91 Å². The lowest BCUT2D eigenvalue weighted by Crippen LogP contribution is -2.45. The van der Waals surface area contributed by atoms with E-state index in [1.165, 1.54) is 12.1 Å². The lowest BCUT2D eigenvalue weighted by Gasteiger charge is -2.37. The second-order valence-electron chi connectivity index (χ2n) is 10.1. The van der Waals surface area contributed by atoms with Crippen LogP contribution in [-0.2, 0) is 14.3 Å². The molecule has 0 radical (unpaired) electrons. The van der Waals surface area contributed by atoms with Crippen LogP contribution < -0.4 is 4.90 Å². The van der Waals surface area contributed by atoms with Crippen LogP contribution in [0.5, 0.6) is 0 Å². The molecule has 1 aliphatic carbocycles. The summed E-state index contributed by atoms with van der Waals surface area (Å²) in [5.41, 5.74) is 4.82. The molecule has 3 heterocycles. The summed E-state index contributed by atoms with van der Waals surface area (Å²) in [6.07, 6.45) is 2.19. The molecule has 1 atom stereocenters. The predicted octanol–water partition coefficient (Wildman–Crippen LogP) is 5.68. The van der Waals surface area contributed by atoms with Crippen LogP contribution >= 0.6 is 0 Å². The van der Waals surface area contributed by atoms with Crippen LogP contribution in [-0.4, -0.2) is 47.0 Å². The number of anilines is 1. The highest BCUT2D eigenvalue weighted by atomic mass is 19.1. The number of halogens is 1. The first-order valence-corrected chi connectivity index (χ1v) is 12.9. The minimum Gasteiger partial charge on any atom is -0.381 e. The molecule has 1 aliphatic heterocycles. The Morgan fingerprint density at radius 2 is 1.89 bits per heavy atom. The first-order valence-electron chi connectivity index (χ1n) is 14.4. The maximum Gasteiger partial charge on any atom is 0.253 e. The summed E-state index contributed by atoms with van der Waals surface area (Å²) in [7, 11) is -2.44. The Hall–Kier alpha value is -3.56. The maximum absolute atomic E-state index is 13.8. The highest BCUT2D eigenvalue weighted by Crippen LogP contribution is 2.39. The number of imidazole rings is 1. The number of fused-ring (bicyclic) bond motifs is 1. The number of carbonyl (C=O) groups is 1. The summed E-state index contributed by atoms with van der Waals surface area (Å²) < 4.78 is 54.8. The van der Waals surface area contributed by atoms with E-state index in [9.17, 15) is 9.18 Å². The van der Waals surface area contributed by atoms with E-state index in [1.54, 1.807) is 17.0 Å². The summed E-state index contributed by atoms with van der Waals surface area (Å²) in [5.74, 6) is 0.745. The predicted molar refractivity (Wildman–Crippen MR) is 140 cm³/mol. The van der Waals surface area contributed by atoms with Crippen molar-refractivity contribution >= 4 is 22.6 Å². The van der Waals surface area contributed by atoms with Crippen molar-refractivity contribution < 1.29 is 27.3 Å². The molecule has 8 nitrogen and oxygen atoms in total. The van der Waals surface area contributed by atoms with Gasteiger partial charge in [-0.1, -0.05) is 11.2 Å². The van der Waals surface area contributed by atoms with Crippen molar-refractivity contribution in [3.63, 3.8) is 0 Å². The molecular weight excluding hydrogens is 487 g/mol. The molecule has 0 N–H and O–H groups in total. The zero-order chi connectivity index (χ0) is 28.9. The van der Waals surface area contributed by atoms with Crippen molar-refractivity contribution in [2.75, 3.05) is 25.2 Å². The van der Waals surface area contributed by atoms with Crippen LogP contribution in [0.15, 0.2) is 47.0 Å². The third kappa shape index (κ3) is 4.29. The van der Waals surface area contributed by atoms with Crippen molar-refractivity contribution in [2.24, 2.45) is 0 Å². The van der Waals surface area contributed by atoms with Crippen LogP contribution in [0.25, 0.3) is 22.2 Å². The van der Waals surface area contributed by atoms with E-state index >= 15 is 0 Å². The Morgan fingerprint density at radius 1 is 1.11 bits per heavy atom. The Kier molecular flexibility index (Phi) is 5.60. The molecular formula is C29H31FN4O4. The molecule has 198 valence electrons. The fourth-order valence-corrected chi connectivity index (χ4v) is 5.90. The topological polar surface area (TPSA) is 82.6 Å². The van der Waals surface area contributed by atoms with Gasteiger partial charge in [-0.25, -0.2) is 9.37 Å². The SMILES string of the molecule is [2H]C([2H])([2H])OC1CCC(n2c([C@@H]3COCC(=O)N3c3ccc(F)cc3)nc3cc(-c4c(C)noc4C)ccc32)CC1. The lowest BCUT2D eigenvalue weighted by molar-refractivity contribution is -0.127. The van der Waals surface area contributed by atoms with E-state index in [-0.39, 0.29) is 37.1 Å². The number of carbonyl (C=O) groups excluding carboxylic acids is 1. The zero-order valence-corrected chi connectivity index (χ0v) is 21.3. The van der Waals surface area contributed by atoms with Gasteiger partial charge in [-0.2, -0.15) is 0 Å². The van der Waals surface area contributed by atoms with Crippen LogP contribution in [0.4, 0.5) is 10.1 Å². The first kappa shape index (κ1) is 21.4. The Morgan fingerprint density at radius 3 is 2.61 bits per heavy atom. The minimum atomic E-state index is -2.44. The van der Waals surface area contributed by atoms with Crippen LogP contribution in [0.2, 0.25) is 0 Å². The van der Waals surface area contributed by atoms with Gasteiger partial charge in [0.1, 0.15) is 30.1 Å². The molecule has 1 amide bonds. The van der Waals surface area contributed by atoms with Gasteiger partial charge in [-0.3, -0.25) is 9.69 Å². The number of methoxy groups -OCH3 is 1. The summed E-state index contributed by atoms with van der Waals surface area (Å²) in [5, 5.41) is 4.09. The van der Waals surface area contributed by atoms with Crippen molar-refractivity contribution in [1.29, 1.82) is 0 Å². The molecule has 9 heteroatoms. The van der Waals surface area contributed by atoms with Gasteiger partial charge >= 0.3 is 0 Å². The lowest BCUT2D eigenvalue weighted by atomic mass is 9.92.